The Morgan fingerprint density at radius 2 is 2.11 bits per heavy atom. The molecule has 8 heteroatoms. The number of aryl methyl sites for hydroxylation is 2. The van der Waals surface area contributed by atoms with Crippen LogP contribution in [0.25, 0.3) is 0 Å². The smallest absolute Gasteiger partial charge is 0.264 e. The molecule has 0 bridgehead atoms. The highest BCUT2D eigenvalue weighted by Crippen LogP contribution is 2.25. The minimum atomic E-state index is -3.73. The zero-order valence-corrected chi connectivity index (χ0v) is 12.8. The van der Waals surface area contributed by atoms with Crippen molar-refractivity contribution in [1.29, 1.82) is 0 Å². The van der Waals surface area contributed by atoms with Gasteiger partial charge in [0.1, 0.15) is 4.90 Å². The highest BCUT2D eigenvalue weighted by molar-refractivity contribution is 9.10. The van der Waals surface area contributed by atoms with Gasteiger partial charge < -0.3 is 5.73 Å². The first-order valence-electron chi connectivity index (χ1n) is 5.37. The summed E-state index contributed by atoms with van der Waals surface area (Å²) in [7, 11) is -2.01. The van der Waals surface area contributed by atoms with Gasteiger partial charge in [-0.05, 0) is 25.1 Å². The number of hydrogen-bond donors (Lipinski definition) is 2. The van der Waals surface area contributed by atoms with Crippen LogP contribution >= 0.6 is 15.9 Å². The monoisotopic (exact) mass is 344 g/mol. The van der Waals surface area contributed by atoms with Gasteiger partial charge in [0.25, 0.3) is 10.0 Å². The number of rotatable bonds is 3. The molecule has 0 aliphatic rings. The van der Waals surface area contributed by atoms with Crippen LogP contribution in [0.4, 0.5) is 11.4 Å². The summed E-state index contributed by atoms with van der Waals surface area (Å²) in [5, 5.41) is 4.08. The molecule has 0 radical (unpaired) electrons. The molecule has 0 atom stereocenters. The van der Waals surface area contributed by atoms with Gasteiger partial charge in [0.15, 0.2) is 0 Å². The van der Waals surface area contributed by atoms with Crippen LogP contribution in [0.5, 0.6) is 0 Å². The SMILES string of the molecule is Cc1nn(C)cc1NS(=O)(=O)c1cc(Br)ccc1N. The van der Waals surface area contributed by atoms with Gasteiger partial charge in [-0.1, -0.05) is 15.9 Å². The average molecular weight is 345 g/mol. The number of nitrogens with zero attached hydrogens (tertiary/aromatic N) is 2. The van der Waals surface area contributed by atoms with Gasteiger partial charge in [-0.25, -0.2) is 8.42 Å². The number of nitrogen functional groups attached to an aromatic ring is 1. The predicted molar refractivity (Wildman–Crippen MR) is 77.3 cm³/mol. The van der Waals surface area contributed by atoms with E-state index in [1.165, 1.54) is 16.8 Å². The first-order chi connectivity index (χ1) is 8.79. The van der Waals surface area contributed by atoms with E-state index in [9.17, 15) is 8.42 Å². The molecule has 2 rings (SSSR count). The summed E-state index contributed by atoms with van der Waals surface area (Å²) in [5.41, 5.74) is 6.93. The third-order valence-corrected chi connectivity index (χ3v) is 4.44. The maximum absolute atomic E-state index is 12.3. The number of sulfonamides is 1. The standard InChI is InChI=1S/C11H13BrN4O2S/c1-7-10(6-16(2)14-7)15-19(17,18)11-5-8(12)3-4-9(11)13/h3-6,15H,13H2,1-2H3. The number of halogens is 1. The molecule has 0 fully saturated rings. The van der Waals surface area contributed by atoms with Gasteiger partial charge in [-0.3, -0.25) is 9.40 Å². The van der Waals surface area contributed by atoms with Crippen LogP contribution in [0.15, 0.2) is 33.8 Å². The van der Waals surface area contributed by atoms with Gasteiger partial charge in [0, 0.05) is 17.7 Å². The molecule has 0 spiro atoms. The van der Waals surface area contributed by atoms with Crippen molar-refractivity contribution in [2.24, 2.45) is 7.05 Å². The first kappa shape index (κ1) is 13.9. The van der Waals surface area contributed by atoms with Crippen molar-refractivity contribution in [3.63, 3.8) is 0 Å². The van der Waals surface area contributed by atoms with E-state index < -0.39 is 10.0 Å². The van der Waals surface area contributed by atoms with E-state index in [-0.39, 0.29) is 10.6 Å². The normalized spacial score (nSPS) is 11.5. The fourth-order valence-corrected chi connectivity index (χ4v) is 3.41. The number of aromatic nitrogens is 2. The summed E-state index contributed by atoms with van der Waals surface area (Å²) >= 11 is 3.23. The van der Waals surface area contributed by atoms with Crippen molar-refractivity contribution in [2.45, 2.75) is 11.8 Å². The van der Waals surface area contributed by atoms with Crippen LogP contribution in [-0.2, 0) is 17.1 Å². The molecular weight excluding hydrogens is 332 g/mol. The third kappa shape index (κ3) is 2.90. The molecule has 1 aromatic carbocycles. The van der Waals surface area contributed by atoms with E-state index in [1.54, 1.807) is 26.2 Å². The fraction of sp³-hybridized carbons (Fsp3) is 0.182. The quantitative estimate of drug-likeness (QED) is 0.831. The highest BCUT2D eigenvalue weighted by Gasteiger charge is 2.19. The van der Waals surface area contributed by atoms with E-state index in [0.29, 0.717) is 15.9 Å². The second-order valence-corrected chi connectivity index (χ2v) is 6.66. The average Bonchev–Trinajstić information content (AvgIpc) is 2.60. The van der Waals surface area contributed by atoms with Crippen molar-refractivity contribution in [3.05, 3.63) is 34.6 Å². The lowest BCUT2D eigenvalue weighted by molar-refractivity contribution is 0.601. The molecular formula is C11H13BrN4O2S. The maximum atomic E-state index is 12.3. The van der Waals surface area contributed by atoms with Crippen LogP contribution in [0, 0.1) is 6.92 Å². The maximum Gasteiger partial charge on any atom is 0.264 e. The second-order valence-electron chi connectivity index (χ2n) is 4.09. The molecule has 0 aliphatic carbocycles. The second kappa shape index (κ2) is 4.86. The Bertz CT molecular complexity index is 724. The minimum Gasteiger partial charge on any atom is -0.398 e. The minimum absolute atomic E-state index is 0.0325. The summed E-state index contributed by atoms with van der Waals surface area (Å²) < 4.78 is 29.2. The Balaban J connectivity index is 2.43. The number of hydrogen-bond acceptors (Lipinski definition) is 4. The molecule has 1 aromatic heterocycles. The summed E-state index contributed by atoms with van der Waals surface area (Å²) in [6.07, 6.45) is 1.60. The molecule has 2 aromatic rings. The predicted octanol–water partition coefficient (Wildman–Crippen LogP) is 1.87. The third-order valence-electron chi connectivity index (χ3n) is 2.52. The van der Waals surface area contributed by atoms with Crippen LogP contribution in [0.2, 0.25) is 0 Å². The number of benzene rings is 1. The van der Waals surface area contributed by atoms with Gasteiger partial charge in [0.2, 0.25) is 0 Å². The van der Waals surface area contributed by atoms with Crippen LogP contribution < -0.4 is 10.5 Å². The lowest BCUT2D eigenvalue weighted by Gasteiger charge is -2.09. The highest BCUT2D eigenvalue weighted by atomic mass is 79.9. The van der Waals surface area contributed by atoms with E-state index in [1.807, 2.05) is 0 Å². The van der Waals surface area contributed by atoms with E-state index in [0.717, 1.165) is 0 Å². The Kier molecular flexibility index (Phi) is 3.55. The van der Waals surface area contributed by atoms with E-state index >= 15 is 0 Å². The first-order valence-corrected chi connectivity index (χ1v) is 7.65. The van der Waals surface area contributed by atoms with E-state index in [4.69, 9.17) is 5.73 Å². The number of anilines is 2. The van der Waals surface area contributed by atoms with Crippen molar-refractivity contribution in [2.75, 3.05) is 10.5 Å². The van der Waals surface area contributed by atoms with Crippen LogP contribution in [0.3, 0.4) is 0 Å². The van der Waals surface area contributed by atoms with Crippen molar-refractivity contribution in [3.8, 4) is 0 Å². The van der Waals surface area contributed by atoms with Crippen LogP contribution in [-0.4, -0.2) is 18.2 Å². The number of nitrogens with two attached hydrogens (primary N) is 1. The zero-order valence-electron chi connectivity index (χ0n) is 10.4. The lowest BCUT2D eigenvalue weighted by atomic mass is 10.3. The molecule has 3 N–H and O–H groups in total. The Morgan fingerprint density at radius 3 is 2.68 bits per heavy atom. The summed E-state index contributed by atoms with van der Waals surface area (Å²) in [6.45, 7) is 1.72. The molecule has 0 saturated heterocycles. The lowest BCUT2D eigenvalue weighted by Crippen LogP contribution is -2.15. The molecule has 0 aliphatic heterocycles. The number of nitrogens with one attached hydrogen (secondary N) is 1. The largest absolute Gasteiger partial charge is 0.398 e. The topological polar surface area (TPSA) is 90.0 Å². The van der Waals surface area contributed by atoms with Crippen molar-refractivity contribution in [1.82, 2.24) is 9.78 Å². The molecule has 19 heavy (non-hydrogen) atoms. The summed E-state index contributed by atoms with van der Waals surface area (Å²) in [5.74, 6) is 0. The zero-order chi connectivity index (χ0) is 14.2. The summed E-state index contributed by atoms with van der Waals surface area (Å²) in [4.78, 5) is 0.0325. The van der Waals surface area contributed by atoms with E-state index in [2.05, 4.69) is 25.8 Å². The fourth-order valence-electron chi connectivity index (χ4n) is 1.64. The Hall–Kier alpha value is -1.54. The summed E-state index contributed by atoms with van der Waals surface area (Å²) in [6, 6.07) is 4.68. The van der Waals surface area contributed by atoms with Gasteiger partial charge >= 0.3 is 0 Å². The van der Waals surface area contributed by atoms with Crippen LogP contribution in [0.1, 0.15) is 5.69 Å². The van der Waals surface area contributed by atoms with Gasteiger partial charge in [0.05, 0.1) is 17.1 Å². The van der Waals surface area contributed by atoms with Crippen molar-refractivity contribution >= 4 is 37.3 Å². The molecule has 0 amide bonds. The molecule has 0 unspecified atom stereocenters. The van der Waals surface area contributed by atoms with Crippen molar-refractivity contribution < 1.29 is 8.42 Å². The van der Waals surface area contributed by atoms with Gasteiger partial charge in [-0.2, -0.15) is 5.10 Å². The Labute approximate surface area is 119 Å². The Morgan fingerprint density at radius 1 is 1.42 bits per heavy atom. The molecule has 1 heterocycles. The molecule has 102 valence electrons. The van der Waals surface area contributed by atoms with Gasteiger partial charge in [-0.15, -0.1) is 0 Å². The molecule has 6 nitrogen and oxygen atoms in total. The molecule has 0 saturated carbocycles.